The maximum absolute atomic E-state index is 13.4. The molecule has 2 fully saturated rings. The molecule has 7 heteroatoms. The zero-order valence-electron chi connectivity index (χ0n) is 19.1. The van der Waals surface area contributed by atoms with Gasteiger partial charge in [-0.3, -0.25) is 9.69 Å². The molecule has 1 N–H and O–H groups in total. The first-order valence-corrected chi connectivity index (χ1v) is 11.6. The van der Waals surface area contributed by atoms with Crippen molar-refractivity contribution in [3.05, 3.63) is 71.3 Å². The van der Waals surface area contributed by atoms with Crippen molar-refractivity contribution < 1.29 is 23.1 Å². The highest BCUT2D eigenvalue weighted by Gasteiger charge is 2.51. The second kappa shape index (κ2) is 9.11. The first-order valence-electron chi connectivity index (χ1n) is 11.6. The summed E-state index contributed by atoms with van der Waals surface area (Å²) < 4.78 is 39.4. The zero-order chi connectivity index (χ0) is 23.8. The number of hydrogen-bond acceptors (Lipinski definition) is 3. The van der Waals surface area contributed by atoms with Gasteiger partial charge in [0.25, 0.3) is 5.91 Å². The van der Waals surface area contributed by atoms with Gasteiger partial charge >= 0.3 is 6.18 Å². The normalized spacial score (nSPS) is 23.7. The maximum Gasteiger partial charge on any atom is 0.421 e. The van der Waals surface area contributed by atoms with Gasteiger partial charge in [-0.25, -0.2) is 0 Å². The fourth-order valence-electron chi connectivity index (χ4n) is 4.81. The van der Waals surface area contributed by atoms with Gasteiger partial charge in [-0.1, -0.05) is 49.4 Å². The molecule has 178 valence electrons. The Labute approximate surface area is 193 Å². The van der Waals surface area contributed by atoms with Gasteiger partial charge in [0.1, 0.15) is 0 Å². The summed E-state index contributed by atoms with van der Waals surface area (Å²) in [6, 6.07) is 15.9. The predicted molar refractivity (Wildman–Crippen MR) is 121 cm³/mol. The van der Waals surface area contributed by atoms with E-state index in [4.69, 9.17) is 0 Å². The van der Waals surface area contributed by atoms with Crippen LogP contribution in [0.15, 0.2) is 54.6 Å². The number of amides is 1. The van der Waals surface area contributed by atoms with Crippen molar-refractivity contribution in [3.8, 4) is 0 Å². The molecule has 1 aliphatic heterocycles. The Bertz CT molecular complexity index is 956. The molecule has 2 aromatic rings. The first-order chi connectivity index (χ1) is 15.6. The molecule has 3 unspecified atom stereocenters. The van der Waals surface area contributed by atoms with Crippen LogP contribution in [0.2, 0.25) is 0 Å². The van der Waals surface area contributed by atoms with E-state index in [-0.39, 0.29) is 29.5 Å². The number of piperidine rings is 1. The smallest absolute Gasteiger partial charge is 0.376 e. The van der Waals surface area contributed by atoms with E-state index >= 15 is 0 Å². The molecule has 4 rings (SSSR count). The summed E-state index contributed by atoms with van der Waals surface area (Å²) in [5.74, 6) is 0.154. The summed E-state index contributed by atoms with van der Waals surface area (Å²) in [6.45, 7) is 5.58. The van der Waals surface area contributed by atoms with Crippen molar-refractivity contribution in [1.82, 2.24) is 9.80 Å². The molecule has 0 radical (unpaired) electrons. The lowest BCUT2D eigenvalue weighted by molar-refractivity contribution is -0.258. The van der Waals surface area contributed by atoms with Gasteiger partial charge < -0.3 is 10.0 Å². The number of halogens is 3. The van der Waals surface area contributed by atoms with Crippen LogP contribution < -0.4 is 0 Å². The van der Waals surface area contributed by atoms with Gasteiger partial charge in [-0.05, 0) is 55.4 Å². The van der Waals surface area contributed by atoms with Crippen LogP contribution in [0.5, 0.6) is 0 Å². The summed E-state index contributed by atoms with van der Waals surface area (Å²) in [4.78, 5) is 17.8. The number of carbonyl (C=O) groups is 1. The number of likely N-dealkylation sites (tertiary alicyclic amines) is 1. The van der Waals surface area contributed by atoms with E-state index in [0.717, 1.165) is 45.8 Å². The fourth-order valence-corrected chi connectivity index (χ4v) is 4.81. The molecule has 1 saturated carbocycles. The van der Waals surface area contributed by atoms with E-state index in [1.807, 2.05) is 23.1 Å². The zero-order valence-corrected chi connectivity index (χ0v) is 19.1. The second-order valence-corrected chi connectivity index (χ2v) is 9.64. The Balaban J connectivity index is 1.46. The highest BCUT2D eigenvalue weighted by atomic mass is 19.4. The van der Waals surface area contributed by atoms with Crippen LogP contribution in [-0.4, -0.2) is 52.2 Å². The van der Waals surface area contributed by atoms with Gasteiger partial charge in [0.2, 0.25) is 0 Å². The van der Waals surface area contributed by atoms with Gasteiger partial charge in [-0.15, -0.1) is 0 Å². The minimum Gasteiger partial charge on any atom is -0.376 e. The Hall–Kier alpha value is -2.38. The van der Waals surface area contributed by atoms with E-state index in [1.54, 1.807) is 0 Å². The van der Waals surface area contributed by atoms with Crippen molar-refractivity contribution >= 4 is 5.91 Å². The van der Waals surface area contributed by atoms with Gasteiger partial charge in [0, 0.05) is 37.3 Å². The highest BCUT2D eigenvalue weighted by molar-refractivity contribution is 5.95. The number of carbonyl (C=O) groups excluding carboxylic acids is 1. The molecule has 0 spiro atoms. The largest absolute Gasteiger partial charge is 0.421 e. The lowest BCUT2D eigenvalue weighted by atomic mass is 9.90. The fraction of sp³-hybridized carbons (Fsp3) is 0.500. The predicted octanol–water partition coefficient (Wildman–Crippen LogP) is 4.97. The molecule has 0 bridgehead atoms. The summed E-state index contributed by atoms with van der Waals surface area (Å²) in [5, 5.41) is 9.90. The summed E-state index contributed by atoms with van der Waals surface area (Å²) in [6.07, 6.45) is -1.99. The monoisotopic (exact) mass is 460 g/mol. The van der Waals surface area contributed by atoms with Crippen molar-refractivity contribution in [3.63, 3.8) is 0 Å². The number of nitrogens with zero attached hydrogens (tertiary/aromatic N) is 2. The SMILES string of the molecule is CC1CN(Cc2ccccc2)CCC1N(C(=O)c1ccc(C(C)(O)C(F)(F)F)cc1)C1CC1. The molecule has 2 aromatic carbocycles. The Morgan fingerprint density at radius 1 is 1.06 bits per heavy atom. The molecule has 33 heavy (non-hydrogen) atoms. The van der Waals surface area contributed by atoms with Crippen LogP contribution >= 0.6 is 0 Å². The third kappa shape index (κ3) is 5.09. The van der Waals surface area contributed by atoms with Crippen LogP contribution in [0.4, 0.5) is 13.2 Å². The van der Waals surface area contributed by atoms with Crippen LogP contribution in [0, 0.1) is 5.92 Å². The molecule has 1 aliphatic carbocycles. The molecule has 1 saturated heterocycles. The van der Waals surface area contributed by atoms with E-state index in [2.05, 4.69) is 24.0 Å². The Morgan fingerprint density at radius 3 is 2.24 bits per heavy atom. The summed E-state index contributed by atoms with van der Waals surface area (Å²) in [7, 11) is 0. The van der Waals surface area contributed by atoms with E-state index < -0.39 is 11.8 Å². The molecule has 1 amide bonds. The molecule has 0 aromatic heterocycles. The number of benzene rings is 2. The molecule has 1 heterocycles. The quantitative estimate of drug-likeness (QED) is 0.662. The molecule has 4 nitrogen and oxygen atoms in total. The number of aliphatic hydroxyl groups is 1. The molecule has 2 aliphatic rings. The topological polar surface area (TPSA) is 43.8 Å². The molecule has 3 atom stereocenters. The van der Waals surface area contributed by atoms with Crippen LogP contribution in [-0.2, 0) is 12.1 Å². The third-order valence-electron chi connectivity index (χ3n) is 6.97. The van der Waals surface area contributed by atoms with Gasteiger partial charge in [-0.2, -0.15) is 13.2 Å². The molecular formula is C26H31F3N2O2. The van der Waals surface area contributed by atoms with E-state index in [1.165, 1.54) is 29.8 Å². The third-order valence-corrected chi connectivity index (χ3v) is 6.97. The maximum atomic E-state index is 13.4. The lowest BCUT2D eigenvalue weighted by Crippen LogP contribution is -2.52. The van der Waals surface area contributed by atoms with Crippen LogP contribution in [0.25, 0.3) is 0 Å². The number of rotatable bonds is 6. The van der Waals surface area contributed by atoms with Gasteiger partial charge in [0.15, 0.2) is 5.60 Å². The standard InChI is InChI=1S/C26H31F3N2O2/c1-18-16-30(17-19-6-4-3-5-7-19)15-14-23(18)31(22-12-13-22)24(32)20-8-10-21(11-9-20)25(2,33)26(27,28)29/h3-11,18,22-23,33H,12-17H2,1-2H3. The van der Waals surface area contributed by atoms with Gasteiger partial charge in [0.05, 0.1) is 0 Å². The first kappa shape index (κ1) is 23.8. The average Bonchev–Trinajstić information content (AvgIpc) is 3.60. The Kier molecular flexibility index (Phi) is 6.56. The van der Waals surface area contributed by atoms with E-state index in [0.29, 0.717) is 5.56 Å². The van der Waals surface area contributed by atoms with Crippen LogP contribution in [0.3, 0.4) is 0 Å². The summed E-state index contributed by atoms with van der Waals surface area (Å²) >= 11 is 0. The van der Waals surface area contributed by atoms with Crippen LogP contribution in [0.1, 0.15) is 54.6 Å². The average molecular weight is 461 g/mol. The minimum absolute atomic E-state index is 0.106. The molecular weight excluding hydrogens is 429 g/mol. The minimum atomic E-state index is -4.79. The van der Waals surface area contributed by atoms with Crippen molar-refractivity contribution in [1.29, 1.82) is 0 Å². The lowest BCUT2D eigenvalue weighted by Gasteiger charge is -2.43. The number of hydrogen-bond donors (Lipinski definition) is 1. The van der Waals surface area contributed by atoms with Crippen molar-refractivity contribution in [2.24, 2.45) is 5.92 Å². The summed E-state index contributed by atoms with van der Waals surface area (Å²) in [5.41, 5.74) is -1.59. The second-order valence-electron chi connectivity index (χ2n) is 9.64. The van der Waals surface area contributed by atoms with Crippen molar-refractivity contribution in [2.75, 3.05) is 13.1 Å². The van der Waals surface area contributed by atoms with Crippen molar-refractivity contribution in [2.45, 2.75) is 63.5 Å². The highest BCUT2D eigenvalue weighted by Crippen LogP contribution is 2.39. The number of alkyl halides is 3. The van der Waals surface area contributed by atoms with E-state index in [9.17, 15) is 23.1 Å². The Morgan fingerprint density at radius 2 is 1.70 bits per heavy atom.